The third kappa shape index (κ3) is 8.41. The zero-order chi connectivity index (χ0) is 29.9. The van der Waals surface area contributed by atoms with Crippen molar-refractivity contribution in [3.63, 3.8) is 0 Å². The van der Waals surface area contributed by atoms with E-state index in [-0.39, 0.29) is 12.5 Å². The lowest BCUT2D eigenvalue weighted by atomic mass is 10.1. The number of ether oxygens (including phenoxy) is 2. The summed E-state index contributed by atoms with van der Waals surface area (Å²) in [5, 5.41) is 14.4. The van der Waals surface area contributed by atoms with E-state index in [2.05, 4.69) is 39.5 Å². The number of rotatable bonds is 14. The number of pyridine rings is 1. The van der Waals surface area contributed by atoms with Crippen LogP contribution in [0.25, 0.3) is 10.9 Å². The molecule has 1 amide bonds. The predicted molar refractivity (Wildman–Crippen MR) is 170 cm³/mol. The maximum absolute atomic E-state index is 12.5. The summed E-state index contributed by atoms with van der Waals surface area (Å²) in [5.74, 6) is 1.94. The standard InChI is InChI=1S/C36H37N3O4/c1-2-37-36(41)33-15-9-14-32-34(20-22-38-35(32)33)43-31-18-16-27(17-19-31)21-23-39(24-28-10-5-3-6-11-28)25-29(40)26-42-30-12-7-4-8-13-30/h3-20,22,29,40H,2,21,23-26H2,1H3,(H,37,41)/t29-/m0/s1. The van der Waals surface area contributed by atoms with Crippen LogP contribution in [0.4, 0.5) is 0 Å². The van der Waals surface area contributed by atoms with Crippen molar-refractivity contribution >= 4 is 16.8 Å². The summed E-state index contributed by atoms with van der Waals surface area (Å²) in [6.45, 7) is 4.67. The Bertz CT molecular complexity index is 1590. The summed E-state index contributed by atoms with van der Waals surface area (Å²) >= 11 is 0. The number of nitrogens with zero attached hydrogens (tertiary/aromatic N) is 2. The van der Waals surface area contributed by atoms with E-state index in [1.54, 1.807) is 12.3 Å². The van der Waals surface area contributed by atoms with E-state index >= 15 is 0 Å². The SMILES string of the molecule is CCNC(=O)c1cccc2c(Oc3ccc(CCN(Cc4ccccc4)C[C@H](O)COc4ccccc4)cc3)ccnc12. The predicted octanol–water partition coefficient (Wildman–Crippen LogP) is 6.26. The van der Waals surface area contributed by atoms with Gasteiger partial charge in [-0.1, -0.05) is 66.7 Å². The van der Waals surface area contributed by atoms with Crippen molar-refractivity contribution in [3.8, 4) is 17.2 Å². The maximum atomic E-state index is 12.5. The molecule has 0 aliphatic carbocycles. The molecule has 0 saturated carbocycles. The summed E-state index contributed by atoms with van der Waals surface area (Å²) in [7, 11) is 0. The molecule has 7 heteroatoms. The molecule has 1 atom stereocenters. The third-order valence-corrected chi connectivity index (χ3v) is 7.08. The van der Waals surface area contributed by atoms with Gasteiger partial charge >= 0.3 is 0 Å². The van der Waals surface area contributed by atoms with Gasteiger partial charge in [0, 0.05) is 37.8 Å². The first-order valence-corrected chi connectivity index (χ1v) is 14.6. The van der Waals surface area contributed by atoms with Crippen LogP contribution in [0.5, 0.6) is 17.2 Å². The van der Waals surface area contributed by atoms with Gasteiger partial charge in [0.2, 0.25) is 0 Å². The number of carbonyl (C=O) groups excluding carboxylic acids is 1. The van der Waals surface area contributed by atoms with Crippen LogP contribution >= 0.6 is 0 Å². The second-order valence-electron chi connectivity index (χ2n) is 10.4. The number of aliphatic hydroxyl groups is 1. The molecule has 5 rings (SSSR count). The molecule has 0 bridgehead atoms. The molecule has 220 valence electrons. The van der Waals surface area contributed by atoms with E-state index < -0.39 is 6.10 Å². The number of aromatic nitrogens is 1. The van der Waals surface area contributed by atoms with Crippen molar-refractivity contribution in [2.45, 2.75) is 26.0 Å². The van der Waals surface area contributed by atoms with Crippen molar-refractivity contribution in [2.75, 3.05) is 26.2 Å². The molecule has 0 spiro atoms. The Labute approximate surface area is 252 Å². The molecule has 0 radical (unpaired) electrons. The van der Waals surface area contributed by atoms with Gasteiger partial charge in [0.1, 0.15) is 30.0 Å². The first-order chi connectivity index (χ1) is 21.1. The second-order valence-corrected chi connectivity index (χ2v) is 10.4. The highest BCUT2D eigenvalue weighted by molar-refractivity contribution is 6.06. The van der Waals surface area contributed by atoms with Crippen LogP contribution in [0.15, 0.2) is 115 Å². The quantitative estimate of drug-likeness (QED) is 0.163. The molecule has 0 aliphatic heterocycles. The summed E-state index contributed by atoms with van der Waals surface area (Å²) in [4.78, 5) is 19.2. The van der Waals surface area contributed by atoms with E-state index in [1.807, 2.05) is 85.8 Å². The van der Waals surface area contributed by atoms with Crippen LogP contribution in [0, 0.1) is 0 Å². The molecule has 0 aliphatic rings. The van der Waals surface area contributed by atoms with Gasteiger partial charge in [0.05, 0.1) is 11.1 Å². The Balaban J connectivity index is 1.22. The molecule has 7 nitrogen and oxygen atoms in total. The minimum Gasteiger partial charge on any atom is -0.491 e. The number of para-hydroxylation sites is 2. The fraction of sp³-hybridized carbons (Fsp3) is 0.222. The van der Waals surface area contributed by atoms with Gasteiger partial charge in [0.25, 0.3) is 5.91 Å². The summed E-state index contributed by atoms with van der Waals surface area (Å²) in [5.41, 5.74) is 3.50. The molecular weight excluding hydrogens is 538 g/mol. The lowest BCUT2D eigenvalue weighted by Gasteiger charge is -2.25. The Morgan fingerprint density at radius 3 is 2.35 bits per heavy atom. The van der Waals surface area contributed by atoms with Crippen molar-refractivity contribution in [1.29, 1.82) is 0 Å². The summed E-state index contributed by atoms with van der Waals surface area (Å²) in [6.07, 6.45) is 1.85. The van der Waals surface area contributed by atoms with E-state index in [9.17, 15) is 9.90 Å². The van der Waals surface area contributed by atoms with Gasteiger partial charge in [-0.15, -0.1) is 0 Å². The first-order valence-electron chi connectivity index (χ1n) is 14.6. The summed E-state index contributed by atoms with van der Waals surface area (Å²) < 4.78 is 12.0. The van der Waals surface area contributed by atoms with E-state index in [1.165, 1.54) is 11.1 Å². The highest BCUT2D eigenvalue weighted by Gasteiger charge is 2.15. The number of hydrogen-bond donors (Lipinski definition) is 2. The topological polar surface area (TPSA) is 83.9 Å². The minimum atomic E-state index is -0.622. The molecule has 0 fully saturated rings. The smallest absolute Gasteiger partial charge is 0.253 e. The number of aliphatic hydroxyl groups excluding tert-OH is 1. The highest BCUT2D eigenvalue weighted by Crippen LogP contribution is 2.30. The molecule has 0 saturated heterocycles. The maximum Gasteiger partial charge on any atom is 0.253 e. The zero-order valence-corrected chi connectivity index (χ0v) is 24.4. The largest absolute Gasteiger partial charge is 0.491 e. The van der Waals surface area contributed by atoms with Crippen LogP contribution in [0.2, 0.25) is 0 Å². The van der Waals surface area contributed by atoms with E-state index in [0.29, 0.717) is 35.7 Å². The minimum absolute atomic E-state index is 0.153. The van der Waals surface area contributed by atoms with Crippen molar-refractivity contribution in [3.05, 3.63) is 132 Å². The Morgan fingerprint density at radius 2 is 1.60 bits per heavy atom. The Hall–Kier alpha value is -4.72. The third-order valence-electron chi connectivity index (χ3n) is 7.08. The summed E-state index contributed by atoms with van der Waals surface area (Å²) in [6, 6.07) is 35.2. The molecule has 2 N–H and O–H groups in total. The van der Waals surface area contributed by atoms with Crippen LogP contribution in [-0.4, -0.2) is 53.2 Å². The molecule has 4 aromatic carbocycles. The van der Waals surface area contributed by atoms with Gasteiger partial charge in [-0.25, -0.2) is 0 Å². The van der Waals surface area contributed by atoms with Gasteiger partial charge in [-0.2, -0.15) is 0 Å². The van der Waals surface area contributed by atoms with Gasteiger partial charge < -0.3 is 19.9 Å². The molecule has 1 aromatic heterocycles. The van der Waals surface area contributed by atoms with Crippen molar-refractivity contribution < 1.29 is 19.4 Å². The van der Waals surface area contributed by atoms with Crippen molar-refractivity contribution in [1.82, 2.24) is 15.2 Å². The Morgan fingerprint density at radius 1 is 0.860 bits per heavy atom. The van der Waals surface area contributed by atoms with Gasteiger partial charge in [0.15, 0.2) is 0 Å². The lowest BCUT2D eigenvalue weighted by molar-refractivity contribution is 0.0659. The van der Waals surface area contributed by atoms with Crippen LogP contribution in [0.1, 0.15) is 28.4 Å². The van der Waals surface area contributed by atoms with E-state index in [4.69, 9.17) is 9.47 Å². The number of fused-ring (bicyclic) bond motifs is 1. The number of amides is 1. The average Bonchev–Trinajstić information content (AvgIpc) is 3.04. The Kier molecular flexibility index (Phi) is 10.4. The second kappa shape index (κ2) is 15.0. The van der Waals surface area contributed by atoms with Crippen molar-refractivity contribution in [2.24, 2.45) is 0 Å². The number of nitrogens with one attached hydrogen (secondary N) is 1. The molecule has 43 heavy (non-hydrogen) atoms. The van der Waals surface area contributed by atoms with Crippen LogP contribution in [0.3, 0.4) is 0 Å². The highest BCUT2D eigenvalue weighted by atomic mass is 16.5. The average molecular weight is 576 g/mol. The monoisotopic (exact) mass is 575 g/mol. The van der Waals surface area contributed by atoms with E-state index in [0.717, 1.165) is 30.6 Å². The van der Waals surface area contributed by atoms with Gasteiger partial charge in [-0.3, -0.25) is 14.7 Å². The normalized spacial score (nSPS) is 11.8. The fourth-order valence-electron chi connectivity index (χ4n) is 4.95. The number of benzene rings is 4. The molecule has 0 unspecified atom stereocenters. The number of carbonyl (C=O) groups is 1. The first kappa shape index (κ1) is 29.8. The molecule has 1 heterocycles. The van der Waals surface area contributed by atoms with Gasteiger partial charge in [-0.05, 0) is 66.9 Å². The lowest BCUT2D eigenvalue weighted by Crippen LogP contribution is -2.36. The molecule has 5 aromatic rings. The van der Waals surface area contributed by atoms with Crippen LogP contribution < -0.4 is 14.8 Å². The fourth-order valence-corrected chi connectivity index (χ4v) is 4.95. The zero-order valence-electron chi connectivity index (χ0n) is 24.4. The van der Waals surface area contributed by atoms with Crippen LogP contribution in [-0.2, 0) is 13.0 Å². The molecular formula is C36H37N3O4. The number of hydrogen-bond acceptors (Lipinski definition) is 6.